The molecule has 48 heavy (non-hydrogen) atoms. The van der Waals surface area contributed by atoms with Gasteiger partial charge in [0.2, 0.25) is 11.4 Å². The minimum atomic E-state index is 1.08. The number of pyridine rings is 2. The van der Waals surface area contributed by atoms with E-state index in [4.69, 9.17) is 0 Å². The third-order valence-corrected chi connectivity index (χ3v) is 11.1. The summed E-state index contributed by atoms with van der Waals surface area (Å²) >= 11 is 0. The van der Waals surface area contributed by atoms with Crippen LogP contribution in [-0.2, 0) is 13.1 Å². The molecule has 4 nitrogen and oxygen atoms in total. The molecule has 2 heterocycles. The molecule has 0 aliphatic carbocycles. The van der Waals surface area contributed by atoms with Crippen LogP contribution in [0.3, 0.4) is 0 Å². The summed E-state index contributed by atoms with van der Waals surface area (Å²) < 4.78 is 4.77. The van der Waals surface area contributed by atoms with Crippen molar-refractivity contribution in [3.63, 3.8) is 0 Å². The van der Waals surface area contributed by atoms with Crippen LogP contribution in [-0.4, -0.2) is 39.7 Å². The number of nitrogens with zero attached hydrogens (tertiary/aromatic N) is 4. The summed E-state index contributed by atoms with van der Waals surface area (Å²) in [4.78, 5) is 4.26. The second-order valence-electron chi connectivity index (χ2n) is 12.7. The first-order chi connectivity index (χ1) is 23.5. The fourth-order valence-electron chi connectivity index (χ4n) is 5.53. The van der Waals surface area contributed by atoms with Gasteiger partial charge in [0.15, 0.2) is 12.4 Å². The lowest BCUT2D eigenvalue weighted by Crippen LogP contribution is -2.36. The van der Waals surface area contributed by atoms with Crippen molar-refractivity contribution in [3.8, 4) is 0 Å². The van der Waals surface area contributed by atoms with Gasteiger partial charge in [-0.05, 0) is 85.4 Å². The average Bonchev–Trinajstić information content (AvgIpc) is 3.11. The van der Waals surface area contributed by atoms with Gasteiger partial charge in [-0.1, -0.05) is 58.7 Å². The van der Waals surface area contributed by atoms with Crippen molar-refractivity contribution >= 4 is 57.3 Å². The van der Waals surface area contributed by atoms with Crippen molar-refractivity contribution in [2.75, 3.05) is 49.5 Å². The topological polar surface area (TPSA) is 14.2 Å². The molecule has 2 aromatic heterocycles. The van der Waals surface area contributed by atoms with E-state index in [0.29, 0.717) is 0 Å². The van der Waals surface area contributed by atoms with Crippen molar-refractivity contribution in [1.82, 2.24) is 0 Å². The maximum absolute atomic E-state index is 2.39. The number of anilines is 2. The zero-order valence-corrected chi connectivity index (χ0v) is 31.3. The van der Waals surface area contributed by atoms with Crippen molar-refractivity contribution in [2.24, 2.45) is 0 Å². The Kier molecular flexibility index (Phi) is 16.7. The lowest BCUT2D eigenvalue weighted by molar-refractivity contribution is -0.699. The molecule has 0 spiro atoms. The third kappa shape index (κ3) is 13.6. The Morgan fingerprint density at radius 2 is 0.854 bits per heavy atom. The SMILES string of the molecule is CN(C)c1ccc(C=Cc2cccc[n+]2CCCCCCSSCCCCCC[n+]2ccccc2C=Cc2ccc(N(C)C)cc2)cc1. The molecule has 0 atom stereocenters. The number of hydrogen-bond acceptors (Lipinski definition) is 4. The molecule has 254 valence electrons. The maximum atomic E-state index is 2.39. The summed E-state index contributed by atoms with van der Waals surface area (Å²) in [6.07, 6.45) is 23.7. The Morgan fingerprint density at radius 3 is 1.25 bits per heavy atom. The van der Waals surface area contributed by atoms with Crippen LogP contribution >= 0.6 is 21.6 Å². The molecule has 0 saturated carbocycles. The molecule has 0 fully saturated rings. The molecule has 0 aliphatic heterocycles. The molecule has 0 N–H and O–H groups in total. The Morgan fingerprint density at radius 1 is 0.458 bits per heavy atom. The van der Waals surface area contributed by atoms with E-state index in [9.17, 15) is 0 Å². The summed E-state index contributed by atoms with van der Waals surface area (Å²) in [6, 6.07) is 30.4. The van der Waals surface area contributed by atoms with Gasteiger partial charge in [-0.3, -0.25) is 0 Å². The first-order valence-electron chi connectivity index (χ1n) is 17.6. The predicted octanol–water partition coefficient (Wildman–Crippen LogP) is 9.94. The van der Waals surface area contributed by atoms with E-state index in [1.165, 1.54) is 96.8 Å². The Hall–Kier alpha value is -3.48. The van der Waals surface area contributed by atoms with E-state index in [-0.39, 0.29) is 0 Å². The maximum Gasteiger partial charge on any atom is 0.205 e. The summed E-state index contributed by atoms with van der Waals surface area (Å²) in [5.74, 6) is 2.54. The summed E-state index contributed by atoms with van der Waals surface area (Å²) in [5, 5.41) is 0. The van der Waals surface area contributed by atoms with Gasteiger partial charge in [0.1, 0.15) is 13.1 Å². The number of benzene rings is 2. The number of aryl methyl sites for hydroxylation is 2. The van der Waals surface area contributed by atoms with Crippen LogP contribution in [0.2, 0.25) is 0 Å². The fourth-order valence-corrected chi connectivity index (χ4v) is 7.82. The van der Waals surface area contributed by atoms with E-state index in [1.54, 1.807) is 0 Å². The predicted molar refractivity (Wildman–Crippen MR) is 215 cm³/mol. The van der Waals surface area contributed by atoms with Crippen molar-refractivity contribution in [1.29, 1.82) is 0 Å². The zero-order valence-electron chi connectivity index (χ0n) is 29.6. The number of hydrogen-bond donors (Lipinski definition) is 0. The highest BCUT2D eigenvalue weighted by molar-refractivity contribution is 8.76. The molecule has 0 aliphatic rings. The van der Waals surface area contributed by atoms with Crippen LogP contribution in [0.25, 0.3) is 24.3 Å². The normalized spacial score (nSPS) is 11.5. The second-order valence-corrected chi connectivity index (χ2v) is 15.5. The molecule has 0 saturated heterocycles. The minimum Gasteiger partial charge on any atom is -0.378 e. The molecule has 0 radical (unpaired) electrons. The summed E-state index contributed by atoms with van der Waals surface area (Å²) in [6.45, 7) is 2.16. The van der Waals surface area contributed by atoms with Gasteiger partial charge in [0, 0.05) is 100 Å². The van der Waals surface area contributed by atoms with Gasteiger partial charge in [-0.15, -0.1) is 0 Å². The molecule has 0 amide bonds. The van der Waals surface area contributed by atoms with Crippen LogP contribution in [0.15, 0.2) is 97.3 Å². The fraction of sp³-hybridized carbons (Fsp3) is 0.381. The van der Waals surface area contributed by atoms with Gasteiger partial charge < -0.3 is 9.80 Å². The number of unbranched alkanes of at least 4 members (excludes halogenated alkanes) is 6. The summed E-state index contributed by atoms with van der Waals surface area (Å²) in [5.41, 5.74) is 7.44. The minimum absolute atomic E-state index is 1.08. The standard InChI is InChI=1S/C42H56N4S2/c1-43(2)39-25-19-37(20-26-39)23-29-41-17-9-13-33-45(41)31-11-5-7-15-35-47-48-36-16-8-6-12-32-46-34-14-10-18-42(46)30-24-38-21-27-40(28-22-38)44(3)4/h9-10,13-14,17-30,33-34H,5-8,11-12,15-16,31-32,35-36H2,1-4H3/q+2. The number of aromatic nitrogens is 2. The zero-order chi connectivity index (χ0) is 33.8. The van der Waals surface area contributed by atoms with E-state index < -0.39 is 0 Å². The van der Waals surface area contributed by atoms with Crippen LogP contribution in [0.5, 0.6) is 0 Å². The highest BCUT2D eigenvalue weighted by Crippen LogP contribution is 2.24. The van der Waals surface area contributed by atoms with Crippen LogP contribution in [0, 0.1) is 0 Å². The monoisotopic (exact) mass is 680 g/mol. The molecule has 4 aromatic rings. The molecule has 2 aromatic carbocycles. The molecule has 4 rings (SSSR count). The second kappa shape index (κ2) is 21.5. The average molecular weight is 681 g/mol. The first kappa shape index (κ1) is 37.3. The molecule has 0 bridgehead atoms. The first-order valence-corrected chi connectivity index (χ1v) is 20.1. The highest BCUT2D eigenvalue weighted by Gasteiger charge is 2.08. The van der Waals surface area contributed by atoms with Gasteiger partial charge in [0.05, 0.1) is 0 Å². The Labute approximate surface area is 299 Å². The smallest absolute Gasteiger partial charge is 0.205 e. The lowest BCUT2D eigenvalue weighted by Gasteiger charge is -2.11. The van der Waals surface area contributed by atoms with E-state index in [2.05, 4.69) is 190 Å². The quantitative estimate of drug-likeness (QED) is 0.0494. The van der Waals surface area contributed by atoms with E-state index >= 15 is 0 Å². The highest BCUT2D eigenvalue weighted by atomic mass is 33.1. The van der Waals surface area contributed by atoms with E-state index in [0.717, 1.165) is 13.1 Å². The van der Waals surface area contributed by atoms with Crippen molar-refractivity contribution in [2.45, 2.75) is 64.5 Å². The van der Waals surface area contributed by atoms with Crippen molar-refractivity contribution < 1.29 is 9.13 Å². The van der Waals surface area contributed by atoms with E-state index in [1.807, 2.05) is 0 Å². The lowest BCUT2D eigenvalue weighted by atomic mass is 10.1. The summed E-state index contributed by atoms with van der Waals surface area (Å²) in [7, 11) is 12.4. The Balaban J connectivity index is 1.01. The largest absolute Gasteiger partial charge is 0.378 e. The molecular formula is C42H56N4S2+2. The number of rotatable bonds is 21. The van der Waals surface area contributed by atoms with Gasteiger partial charge >= 0.3 is 0 Å². The Bertz CT molecular complexity index is 1410. The van der Waals surface area contributed by atoms with Gasteiger partial charge in [-0.25, -0.2) is 0 Å². The van der Waals surface area contributed by atoms with Crippen LogP contribution in [0.4, 0.5) is 11.4 Å². The van der Waals surface area contributed by atoms with Gasteiger partial charge in [0.25, 0.3) is 0 Å². The molecule has 0 unspecified atom stereocenters. The van der Waals surface area contributed by atoms with Crippen LogP contribution in [0.1, 0.15) is 73.9 Å². The van der Waals surface area contributed by atoms with Crippen LogP contribution < -0.4 is 18.9 Å². The third-order valence-electron chi connectivity index (χ3n) is 8.50. The molecule has 6 heteroatoms. The molecular weight excluding hydrogens is 625 g/mol. The van der Waals surface area contributed by atoms with Crippen molar-refractivity contribution in [3.05, 3.63) is 120 Å². The van der Waals surface area contributed by atoms with Gasteiger partial charge in [-0.2, -0.15) is 9.13 Å².